The standard InChI is InChI=1S/C10H10F6O2/c11-9(12,13)8(18,10(14,15)16)6-4-1-2-5(3-4)7(6)17/h4-6,18H,1-3H2. The van der Waals surface area contributed by atoms with Crippen LogP contribution in [0.15, 0.2) is 0 Å². The van der Waals surface area contributed by atoms with Gasteiger partial charge in [0.2, 0.25) is 0 Å². The van der Waals surface area contributed by atoms with E-state index in [9.17, 15) is 36.2 Å². The predicted octanol–water partition coefficient (Wildman–Crippen LogP) is 2.46. The van der Waals surface area contributed by atoms with Crippen molar-refractivity contribution in [2.24, 2.45) is 17.8 Å². The minimum Gasteiger partial charge on any atom is -0.373 e. The summed E-state index contributed by atoms with van der Waals surface area (Å²) in [4.78, 5) is 11.5. The Bertz CT molecular complexity index is 358. The highest BCUT2D eigenvalue weighted by molar-refractivity contribution is 5.88. The third kappa shape index (κ3) is 1.57. The van der Waals surface area contributed by atoms with Crippen LogP contribution in [0.3, 0.4) is 0 Å². The lowest BCUT2D eigenvalue weighted by Gasteiger charge is -2.39. The van der Waals surface area contributed by atoms with Crippen LogP contribution < -0.4 is 0 Å². The van der Waals surface area contributed by atoms with Crippen LogP contribution in [-0.2, 0) is 4.79 Å². The van der Waals surface area contributed by atoms with Gasteiger partial charge in [0.25, 0.3) is 5.60 Å². The lowest BCUT2D eigenvalue weighted by Crippen LogP contribution is -2.64. The molecule has 3 atom stereocenters. The summed E-state index contributed by atoms with van der Waals surface area (Å²) in [7, 11) is 0. The number of hydrogen-bond acceptors (Lipinski definition) is 2. The second kappa shape index (κ2) is 3.61. The maximum atomic E-state index is 12.6. The van der Waals surface area contributed by atoms with E-state index in [4.69, 9.17) is 0 Å². The Balaban J connectivity index is 2.47. The number of rotatable bonds is 1. The molecule has 0 saturated heterocycles. The average Bonchev–Trinajstić information content (AvgIpc) is 2.73. The van der Waals surface area contributed by atoms with E-state index in [-0.39, 0.29) is 12.8 Å². The Kier molecular flexibility index (Phi) is 2.74. The van der Waals surface area contributed by atoms with Gasteiger partial charge in [-0.1, -0.05) is 0 Å². The summed E-state index contributed by atoms with van der Waals surface area (Å²) in [5.74, 6) is -5.31. The molecule has 2 rings (SSSR count). The number of Topliss-reactive ketones (excluding diaryl/α,β-unsaturated/α-hetero) is 1. The van der Waals surface area contributed by atoms with Gasteiger partial charge in [-0.15, -0.1) is 0 Å². The Hall–Kier alpha value is -0.790. The van der Waals surface area contributed by atoms with Crippen molar-refractivity contribution >= 4 is 5.78 Å². The maximum absolute atomic E-state index is 12.6. The first-order valence-corrected chi connectivity index (χ1v) is 5.39. The molecule has 104 valence electrons. The van der Waals surface area contributed by atoms with Crippen LogP contribution >= 0.6 is 0 Å². The van der Waals surface area contributed by atoms with Gasteiger partial charge in [-0.05, 0) is 25.2 Å². The molecule has 0 aliphatic heterocycles. The van der Waals surface area contributed by atoms with Gasteiger partial charge in [0.1, 0.15) is 5.78 Å². The van der Waals surface area contributed by atoms with E-state index in [0.29, 0.717) is 6.42 Å². The zero-order chi connectivity index (χ0) is 13.9. The summed E-state index contributed by atoms with van der Waals surface area (Å²) in [5.41, 5.74) is -4.92. The molecule has 2 saturated carbocycles. The van der Waals surface area contributed by atoms with Crippen molar-refractivity contribution in [1.29, 1.82) is 0 Å². The molecule has 2 nitrogen and oxygen atoms in total. The maximum Gasteiger partial charge on any atom is 0.427 e. The molecule has 0 aromatic rings. The number of fused-ring (bicyclic) bond motifs is 2. The zero-order valence-corrected chi connectivity index (χ0v) is 8.98. The summed E-state index contributed by atoms with van der Waals surface area (Å²) < 4.78 is 75.8. The molecular weight excluding hydrogens is 266 g/mol. The van der Waals surface area contributed by atoms with E-state index < -0.39 is 41.5 Å². The second-order valence-electron chi connectivity index (χ2n) is 4.91. The Morgan fingerprint density at radius 2 is 1.50 bits per heavy atom. The summed E-state index contributed by atoms with van der Waals surface area (Å²) >= 11 is 0. The van der Waals surface area contributed by atoms with Gasteiger partial charge in [0, 0.05) is 5.92 Å². The molecule has 0 heterocycles. The van der Waals surface area contributed by atoms with E-state index in [1.54, 1.807) is 0 Å². The van der Waals surface area contributed by atoms with E-state index in [2.05, 4.69) is 0 Å². The van der Waals surface area contributed by atoms with Crippen LogP contribution in [0.25, 0.3) is 0 Å². The minimum absolute atomic E-state index is 0.0119. The summed E-state index contributed by atoms with van der Waals surface area (Å²) in [6, 6.07) is 0. The Morgan fingerprint density at radius 1 is 1.00 bits per heavy atom. The molecule has 1 N–H and O–H groups in total. The molecule has 2 aliphatic carbocycles. The summed E-state index contributed by atoms with van der Waals surface area (Å²) in [5, 5.41) is 9.21. The smallest absolute Gasteiger partial charge is 0.373 e. The van der Waals surface area contributed by atoms with E-state index in [1.807, 2.05) is 0 Å². The molecule has 0 spiro atoms. The van der Waals surface area contributed by atoms with E-state index in [1.165, 1.54) is 0 Å². The van der Waals surface area contributed by atoms with Gasteiger partial charge in [0.05, 0.1) is 5.92 Å². The third-order valence-electron chi connectivity index (χ3n) is 3.97. The van der Waals surface area contributed by atoms with Crippen molar-refractivity contribution in [3.8, 4) is 0 Å². The summed E-state index contributed by atoms with van der Waals surface area (Å²) in [6.45, 7) is 0. The lowest BCUT2D eigenvalue weighted by atomic mass is 9.74. The van der Waals surface area contributed by atoms with Gasteiger partial charge >= 0.3 is 12.4 Å². The van der Waals surface area contributed by atoms with Gasteiger partial charge in [-0.3, -0.25) is 4.79 Å². The van der Waals surface area contributed by atoms with Crippen molar-refractivity contribution in [3.63, 3.8) is 0 Å². The van der Waals surface area contributed by atoms with Crippen LogP contribution in [0, 0.1) is 17.8 Å². The van der Waals surface area contributed by atoms with Crippen LogP contribution in [0.2, 0.25) is 0 Å². The molecule has 3 unspecified atom stereocenters. The quantitative estimate of drug-likeness (QED) is 0.747. The number of halogens is 6. The SMILES string of the molecule is O=C1C2CCC(C2)C1C(O)(C(F)(F)F)C(F)(F)F. The highest BCUT2D eigenvalue weighted by Gasteiger charge is 2.78. The normalized spacial score (nSPS) is 33.3. The molecular formula is C10H10F6O2. The fourth-order valence-electron chi connectivity index (χ4n) is 3.12. The molecule has 2 bridgehead atoms. The molecule has 0 radical (unpaired) electrons. The molecule has 8 heteroatoms. The number of ketones is 1. The second-order valence-corrected chi connectivity index (χ2v) is 4.91. The van der Waals surface area contributed by atoms with E-state index >= 15 is 0 Å². The molecule has 2 aliphatic rings. The number of aliphatic hydroxyl groups is 1. The fourth-order valence-corrected chi connectivity index (χ4v) is 3.12. The number of carbonyl (C=O) groups excluding carboxylic acids is 1. The van der Waals surface area contributed by atoms with Crippen molar-refractivity contribution in [1.82, 2.24) is 0 Å². The number of alkyl halides is 6. The first kappa shape index (κ1) is 13.6. The van der Waals surface area contributed by atoms with Crippen molar-refractivity contribution in [3.05, 3.63) is 0 Å². The molecule has 0 amide bonds. The monoisotopic (exact) mass is 276 g/mol. The molecule has 0 aromatic heterocycles. The van der Waals surface area contributed by atoms with Gasteiger partial charge in [0.15, 0.2) is 0 Å². The highest BCUT2D eigenvalue weighted by Crippen LogP contribution is 2.58. The molecule has 18 heavy (non-hydrogen) atoms. The van der Waals surface area contributed by atoms with Crippen LogP contribution in [-0.4, -0.2) is 28.8 Å². The van der Waals surface area contributed by atoms with Crippen LogP contribution in [0.1, 0.15) is 19.3 Å². The molecule has 0 aromatic carbocycles. The third-order valence-corrected chi connectivity index (χ3v) is 3.97. The van der Waals surface area contributed by atoms with Crippen molar-refractivity contribution < 1.29 is 36.2 Å². The van der Waals surface area contributed by atoms with E-state index in [0.717, 1.165) is 0 Å². The topological polar surface area (TPSA) is 37.3 Å². The summed E-state index contributed by atoms with van der Waals surface area (Å²) in [6.07, 6.45) is -11.4. The van der Waals surface area contributed by atoms with Crippen LogP contribution in [0.4, 0.5) is 26.3 Å². The lowest BCUT2D eigenvalue weighted by molar-refractivity contribution is -0.383. The number of carbonyl (C=O) groups is 1. The fraction of sp³-hybridized carbons (Fsp3) is 0.900. The Morgan fingerprint density at radius 3 is 1.83 bits per heavy atom. The molecule has 2 fully saturated rings. The first-order valence-electron chi connectivity index (χ1n) is 5.39. The highest BCUT2D eigenvalue weighted by atomic mass is 19.4. The number of hydrogen-bond donors (Lipinski definition) is 1. The van der Waals surface area contributed by atoms with Crippen LogP contribution in [0.5, 0.6) is 0 Å². The van der Waals surface area contributed by atoms with Gasteiger partial charge < -0.3 is 5.11 Å². The zero-order valence-electron chi connectivity index (χ0n) is 8.98. The van der Waals surface area contributed by atoms with Gasteiger partial charge in [-0.2, -0.15) is 26.3 Å². The van der Waals surface area contributed by atoms with Gasteiger partial charge in [-0.25, -0.2) is 0 Å². The predicted molar refractivity (Wildman–Crippen MR) is 46.4 cm³/mol. The van der Waals surface area contributed by atoms with Crippen molar-refractivity contribution in [2.75, 3.05) is 0 Å². The first-order chi connectivity index (χ1) is 8.00. The minimum atomic E-state index is -5.91. The Labute approximate surface area is 98.0 Å². The largest absolute Gasteiger partial charge is 0.427 e. The average molecular weight is 276 g/mol. The van der Waals surface area contributed by atoms with Crippen molar-refractivity contribution in [2.45, 2.75) is 37.2 Å².